The number of hydrogen-bond acceptors (Lipinski definition) is 14. The number of hydrogen-bond donors (Lipinski definition) is 2. The summed E-state index contributed by atoms with van der Waals surface area (Å²) in [5, 5.41) is 13.8. The number of esters is 4. The Morgan fingerprint density at radius 2 is 0.951 bits per heavy atom. The molecule has 15 heteroatoms. The number of carbonyl (C=O) groups excluding carboxylic acids is 5. The quantitative estimate of drug-likeness (QED) is 0.0269. The molecule has 0 saturated heterocycles. The van der Waals surface area contributed by atoms with E-state index < -0.39 is 48.7 Å². The largest absolute Gasteiger partial charge is 0.463 e. The molecule has 0 bridgehead atoms. The fourth-order valence-corrected chi connectivity index (χ4v) is 6.00. The lowest BCUT2D eigenvalue weighted by atomic mass is 10.0. The van der Waals surface area contributed by atoms with Crippen LogP contribution in [0.3, 0.4) is 0 Å². The molecule has 0 aliphatic carbocycles. The molecule has 0 rings (SSSR count). The van der Waals surface area contributed by atoms with E-state index in [4.69, 9.17) is 37.9 Å². The maximum atomic E-state index is 12.8. The van der Waals surface area contributed by atoms with E-state index in [1.807, 2.05) is 6.08 Å². The molecule has 0 saturated carbocycles. The molecule has 0 heterocycles. The summed E-state index contributed by atoms with van der Waals surface area (Å²) < 4.78 is 41.6. The van der Waals surface area contributed by atoms with Gasteiger partial charge in [0.2, 0.25) is 5.91 Å². The highest BCUT2D eigenvalue weighted by Crippen LogP contribution is 2.13. The van der Waals surface area contributed by atoms with E-state index in [0.29, 0.717) is 32.8 Å². The molecule has 356 valence electrons. The zero-order valence-corrected chi connectivity index (χ0v) is 38.3. The van der Waals surface area contributed by atoms with Crippen LogP contribution in [-0.4, -0.2) is 127 Å². The van der Waals surface area contributed by atoms with Gasteiger partial charge < -0.3 is 48.3 Å². The van der Waals surface area contributed by atoms with Crippen molar-refractivity contribution in [2.24, 2.45) is 0 Å². The first-order chi connectivity index (χ1) is 29.7. The normalized spacial score (nSPS) is 12.8. The van der Waals surface area contributed by atoms with Crippen molar-refractivity contribution >= 4 is 29.8 Å². The Hall–Kier alpha value is -3.11. The highest BCUT2D eigenvalue weighted by atomic mass is 16.6. The Bertz CT molecular complexity index is 1120. The van der Waals surface area contributed by atoms with Crippen molar-refractivity contribution in [1.29, 1.82) is 0 Å². The minimum Gasteiger partial charge on any atom is -0.463 e. The summed E-state index contributed by atoms with van der Waals surface area (Å²) in [6.07, 6.45) is 21.5. The summed E-state index contributed by atoms with van der Waals surface area (Å²) in [5.74, 6) is -2.97. The molecule has 0 aliphatic heterocycles. The molecule has 0 aliphatic rings. The van der Waals surface area contributed by atoms with Gasteiger partial charge in [0.05, 0.1) is 77.5 Å². The molecule has 1 amide bonds. The van der Waals surface area contributed by atoms with Gasteiger partial charge in [0.1, 0.15) is 19.8 Å². The van der Waals surface area contributed by atoms with Crippen molar-refractivity contribution < 1.29 is 67.0 Å². The molecule has 0 aromatic heterocycles. The zero-order valence-electron chi connectivity index (χ0n) is 38.3. The molecule has 0 aromatic carbocycles. The molecular weight excluding hydrogens is 790 g/mol. The molecule has 15 nitrogen and oxygen atoms in total. The summed E-state index contributed by atoms with van der Waals surface area (Å²) in [6.45, 7) is 4.85. The highest BCUT2D eigenvalue weighted by Gasteiger charge is 2.23. The van der Waals surface area contributed by atoms with Gasteiger partial charge in [0.25, 0.3) is 0 Å². The number of aliphatic hydroxyl groups excluding tert-OH is 1. The lowest BCUT2D eigenvalue weighted by Crippen LogP contribution is -2.46. The third-order valence-electron chi connectivity index (χ3n) is 9.70. The van der Waals surface area contributed by atoms with E-state index in [-0.39, 0.29) is 58.0 Å². The average molecular weight is 874 g/mol. The molecule has 0 aromatic rings. The summed E-state index contributed by atoms with van der Waals surface area (Å²) >= 11 is 0. The number of unbranched alkanes of at least 4 members (excludes halogenated alkanes) is 16. The van der Waals surface area contributed by atoms with E-state index in [1.165, 1.54) is 78.4 Å². The van der Waals surface area contributed by atoms with Crippen LogP contribution >= 0.6 is 0 Å². The number of nitrogens with one attached hydrogen (secondary N) is 1. The summed E-state index contributed by atoms with van der Waals surface area (Å²) in [4.78, 5) is 62.8. The van der Waals surface area contributed by atoms with Crippen molar-refractivity contribution in [3.63, 3.8) is 0 Å². The smallest absolute Gasteiger partial charge is 0.308 e. The number of carbonyl (C=O) groups is 5. The van der Waals surface area contributed by atoms with E-state index in [0.717, 1.165) is 51.4 Å². The summed E-state index contributed by atoms with van der Waals surface area (Å²) in [6, 6.07) is -0.863. The van der Waals surface area contributed by atoms with Crippen LogP contribution < -0.4 is 5.32 Å². The van der Waals surface area contributed by atoms with Gasteiger partial charge in [0, 0.05) is 20.6 Å². The third kappa shape index (κ3) is 39.5. The monoisotopic (exact) mass is 874 g/mol. The Balaban J connectivity index is 5.01. The number of amides is 1. The Labute approximate surface area is 367 Å². The van der Waals surface area contributed by atoms with E-state index in [9.17, 15) is 29.1 Å². The first-order valence-electron chi connectivity index (χ1n) is 23.1. The number of allylic oxidation sites excluding steroid dienone is 1. The average Bonchev–Trinajstić information content (AvgIpc) is 3.25. The predicted molar refractivity (Wildman–Crippen MR) is 233 cm³/mol. The second-order valence-corrected chi connectivity index (χ2v) is 15.3. The number of methoxy groups -OCH3 is 2. The fourth-order valence-electron chi connectivity index (χ4n) is 6.00. The van der Waals surface area contributed by atoms with Crippen LogP contribution in [0.25, 0.3) is 0 Å². The number of aliphatic hydroxyl groups is 1. The molecule has 3 unspecified atom stereocenters. The molecule has 0 fully saturated rings. The van der Waals surface area contributed by atoms with Crippen LogP contribution in [0.4, 0.5) is 0 Å². The topological polar surface area (TPSA) is 191 Å². The second kappa shape index (κ2) is 43.5. The SMILES string of the molecule is CCCCCCCCCCCCC/C=C/C(O)C(COC(=O)CCC(=O)OCC(COC(=O)CCOCCOC)OC(=O)CCOCCOC)NC(=O)CCCCCCCC. The van der Waals surface area contributed by atoms with Gasteiger partial charge >= 0.3 is 23.9 Å². The molecule has 3 atom stereocenters. The Morgan fingerprint density at radius 1 is 0.508 bits per heavy atom. The Kier molecular flexibility index (Phi) is 41.3. The zero-order chi connectivity index (χ0) is 45.0. The van der Waals surface area contributed by atoms with Gasteiger partial charge in [-0.1, -0.05) is 122 Å². The maximum absolute atomic E-state index is 12.8. The van der Waals surface area contributed by atoms with Gasteiger partial charge in [-0.25, -0.2) is 0 Å². The Morgan fingerprint density at radius 3 is 1.46 bits per heavy atom. The van der Waals surface area contributed by atoms with Crippen LogP contribution in [0.5, 0.6) is 0 Å². The second-order valence-electron chi connectivity index (χ2n) is 15.3. The van der Waals surface area contributed by atoms with Crippen molar-refractivity contribution in [2.45, 2.75) is 180 Å². The van der Waals surface area contributed by atoms with Crippen LogP contribution in [0, 0.1) is 0 Å². The van der Waals surface area contributed by atoms with Crippen molar-refractivity contribution in [1.82, 2.24) is 5.32 Å². The van der Waals surface area contributed by atoms with Crippen molar-refractivity contribution in [2.75, 3.05) is 73.7 Å². The minimum absolute atomic E-state index is 0.0456. The van der Waals surface area contributed by atoms with Gasteiger partial charge in [-0.2, -0.15) is 0 Å². The molecular formula is C46H83NO14. The van der Waals surface area contributed by atoms with Crippen LogP contribution in [-0.2, 0) is 61.9 Å². The lowest BCUT2D eigenvalue weighted by molar-refractivity contribution is -0.168. The van der Waals surface area contributed by atoms with Gasteiger partial charge in [-0.3, -0.25) is 24.0 Å². The standard InChI is InChI=1S/C46H83NO14/c1-5-7-9-11-13-14-15-16-17-18-19-20-22-24-41(48)40(47-42(49)25-23-21-12-10-8-6-2)38-60-44(51)27-26-43(50)58-36-39(61-46(53)29-31-57-35-33-55-4)37-59-45(52)28-30-56-34-32-54-3/h22,24,39-41,48H,5-21,23,25-38H2,1-4H3,(H,47,49)/b24-22+. The van der Waals surface area contributed by atoms with Crippen LogP contribution in [0.15, 0.2) is 12.2 Å². The predicted octanol–water partition coefficient (Wildman–Crippen LogP) is 7.27. The lowest BCUT2D eigenvalue weighted by Gasteiger charge is -2.22. The number of ether oxygens (including phenoxy) is 8. The summed E-state index contributed by atoms with van der Waals surface area (Å²) in [7, 11) is 3.06. The molecule has 0 spiro atoms. The van der Waals surface area contributed by atoms with Gasteiger partial charge in [0.15, 0.2) is 6.10 Å². The van der Waals surface area contributed by atoms with E-state index >= 15 is 0 Å². The number of rotatable bonds is 44. The third-order valence-corrected chi connectivity index (χ3v) is 9.70. The van der Waals surface area contributed by atoms with Gasteiger partial charge in [-0.15, -0.1) is 0 Å². The van der Waals surface area contributed by atoms with E-state index in [1.54, 1.807) is 6.08 Å². The summed E-state index contributed by atoms with van der Waals surface area (Å²) in [5.41, 5.74) is 0. The van der Waals surface area contributed by atoms with Crippen molar-refractivity contribution in [3.05, 3.63) is 12.2 Å². The molecule has 0 radical (unpaired) electrons. The molecule has 2 N–H and O–H groups in total. The first-order valence-corrected chi connectivity index (χ1v) is 23.1. The fraction of sp³-hybridized carbons (Fsp3) is 0.848. The molecule has 61 heavy (non-hydrogen) atoms. The highest BCUT2D eigenvalue weighted by molar-refractivity contribution is 5.78. The minimum atomic E-state index is -1.11. The van der Waals surface area contributed by atoms with E-state index in [2.05, 4.69) is 19.2 Å². The van der Waals surface area contributed by atoms with Gasteiger partial charge in [-0.05, 0) is 19.3 Å². The first kappa shape index (κ1) is 57.9. The van der Waals surface area contributed by atoms with Crippen molar-refractivity contribution in [3.8, 4) is 0 Å². The van der Waals surface area contributed by atoms with Crippen LogP contribution in [0.2, 0.25) is 0 Å². The maximum Gasteiger partial charge on any atom is 0.308 e. The van der Waals surface area contributed by atoms with Crippen LogP contribution in [0.1, 0.15) is 162 Å².